The molecule has 9 nitrogen and oxygen atoms in total. The molecule has 0 aliphatic carbocycles. The van der Waals surface area contributed by atoms with Gasteiger partial charge in [0.2, 0.25) is 0 Å². The zero-order valence-corrected chi connectivity index (χ0v) is 18.6. The summed E-state index contributed by atoms with van der Waals surface area (Å²) in [5.41, 5.74) is 17.7. The number of hydrogen-bond donors (Lipinski definition) is 6. The second-order valence-corrected chi connectivity index (χ2v) is 10.4. The Morgan fingerprint density at radius 1 is 0.808 bits per heavy atom. The molecule has 0 rings (SSSR count). The summed E-state index contributed by atoms with van der Waals surface area (Å²) in [7, 11) is 0. The lowest BCUT2D eigenvalue weighted by atomic mass is 10.4. The lowest BCUT2D eigenvalue weighted by molar-refractivity contribution is 0.0969. The van der Waals surface area contributed by atoms with E-state index in [-0.39, 0.29) is 23.9 Å². The van der Waals surface area contributed by atoms with Crippen LogP contribution in [-0.4, -0.2) is 36.3 Å². The van der Waals surface area contributed by atoms with Crippen molar-refractivity contribution < 1.29 is 13.6 Å². The molecule has 0 aromatic carbocycles. The molecule has 158 valence electrons. The normalized spacial score (nSPS) is 21.4. The predicted octanol–water partition coefficient (Wildman–Crippen LogP) is 1.75. The number of nitrogens with two attached hydrogens (primary N) is 3. The third kappa shape index (κ3) is 11.9. The Kier molecular flexibility index (Phi) is 13.6. The number of rotatable bonds is 15. The molecule has 0 aliphatic rings. The van der Waals surface area contributed by atoms with Crippen LogP contribution in [0.2, 0.25) is 0 Å². The molecular formula is C15H39N6O3PS. The molecule has 0 spiro atoms. The van der Waals surface area contributed by atoms with Crippen molar-refractivity contribution in [2.45, 2.75) is 97.1 Å². The highest BCUT2D eigenvalue weighted by Crippen LogP contribution is 2.63. The van der Waals surface area contributed by atoms with E-state index in [4.69, 9.17) is 26.2 Å². The molecule has 9 N–H and O–H groups in total. The Balaban J connectivity index is 5.02. The molecular weight excluding hydrogens is 375 g/mol. The minimum atomic E-state index is -3.53. The standard InChI is InChI=1S/C15H39N6O3PS/c1-7-13(16)19-10(4)23-25(22,24-11(5)20-14(17)8-2)26-12(6)21-15(18)9-3/h10-15,19-21H,7-9,16-18H2,1-6H3. The van der Waals surface area contributed by atoms with Crippen molar-refractivity contribution in [1.82, 2.24) is 16.0 Å². The second kappa shape index (κ2) is 13.4. The van der Waals surface area contributed by atoms with E-state index in [0.29, 0.717) is 0 Å². The third-order valence-electron chi connectivity index (χ3n) is 3.53. The average molecular weight is 415 g/mol. The smallest absolute Gasteiger partial charge is 0.316 e. The molecule has 0 aromatic rings. The van der Waals surface area contributed by atoms with Crippen LogP contribution in [0.25, 0.3) is 0 Å². The van der Waals surface area contributed by atoms with Gasteiger partial charge in [-0.05, 0) is 51.4 Å². The first-order valence-electron chi connectivity index (χ1n) is 9.25. The van der Waals surface area contributed by atoms with Crippen molar-refractivity contribution in [2.75, 3.05) is 0 Å². The molecule has 0 amide bonds. The Bertz CT molecular complexity index is 366. The van der Waals surface area contributed by atoms with Gasteiger partial charge in [0.05, 0.1) is 23.9 Å². The molecule has 0 aromatic heterocycles. The van der Waals surface area contributed by atoms with E-state index in [9.17, 15) is 4.57 Å². The van der Waals surface area contributed by atoms with Gasteiger partial charge in [0, 0.05) is 0 Å². The fourth-order valence-electron chi connectivity index (χ4n) is 2.00. The first kappa shape index (κ1) is 26.3. The summed E-state index contributed by atoms with van der Waals surface area (Å²) in [6, 6.07) is 0. The zero-order valence-electron chi connectivity index (χ0n) is 16.9. The topological polar surface area (TPSA) is 150 Å². The molecule has 0 saturated heterocycles. The van der Waals surface area contributed by atoms with Gasteiger partial charge >= 0.3 is 6.80 Å². The summed E-state index contributed by atoms with van der Waals surface area (Å²) in [6.07, 6.45) is 0.415. The van der Waals surface area contributed by atoms with Gasteiger partial charge in [-0.1, -0.05) is 20.8 Å². The summed E-state index contributed by atoms with van der Waals surface area (Å²) in [6.45, 7) is 7.71. The molecule has 6 atom stereocenters. The molecule has 0 radical (unpaired) electrons. The zero-order chi connectivity index (χ0) is 20.3. The molecule has 0 saturated carbocycles. The maximum atomic E-state index is 13.3. The highest BCUT2D eigenvalue weighted by Gasteiger charge is 2.34. The van der Waals surface area contributed by atoms with Crippen molar-refractivity contribution in [1.29, 1.82) is 0 Å². The maximum Gasteiger partial charge on any atom is 0.393 e. The van der Waals surface area contributed by atoms with Crippen LogP contribution in [0.3, 0.4) is 0 Å². The van der Waals surface area contributed by atoms with Gasteiger partial charge in [-0.3, -0.25) is 25.0 Å². The molecule has 11 heteroatoms. The summed E-state index contributed by atoms with van der Waals surface area (Å²) in [4.78, 5) is 0. The SMILES string of the molecule is CCC(N)NC(C)OP(=O)(OC(C)NC(N)CC)SC(C)NC(N)CC. The van der Waals surface area contributed by atoms with E-state index in [0.717, 1.165) is 30.6 Å². The van der Waals surface area contributed by atoms with Crippen LogP contribution in [0, 0.1) is 0 Å². The van der Waals surface area contributed by atoms with Gasteiger partial charge in [0.1, 0.15) is 12.5 Å². The van der Waals surface area contributed by atoms with Crippen LogP contribution in [0.5, 0.6) is 0 Å². The van der Waals surface area contributed by atoms with Gasteiger partial charge in [-0.2, -0.15) is 0 Å². The average Bonchev–Trinajstić information content (AvgIpc) is 2.52. The Morgan fingerprint density at radius 2 is 1.15 bits per heavy atom. The Morgan fingerprint density at radius 3 is 1.50 bits per heavy atom. The minimum absolute atomic E-state index is 0.195. The molecule has 0 aliphatic heterocycles. The van der Waals surface area contributed by atoms with Gasteiger partial charge < -0.3 is 17.2 Å². The molecule has 6 unspecified atom stereocenters. The molecule has 26 heavy (non-hydrogen) atoms. The van der Waals surface area contributed by atoms with E-state index < -0.39 is 19.3 Å². The van der Waals surface area contributed by atoms with Crippen LogP contribution in [0.15, 0.2) is 0 Å². The highest BCUT2D eigenvalue weighted by molar-refractivity contribution is 8.55. The van der Waals surface area contributed by atoms with Gasteiger partial charge in [-0.25, -0.2) is 4.57 Å². The maximum absolute atomic E-state index is 13.3. The second-order valence-electron chi connectivity index (χ2n) is 6.23. The largest absolute Gasteiger partial charge is 0.393 e. The molecule has 0 bridgehead atoms. The van der Waals surface area contributed by atoms with E-state index in [1.54, 1.807) is 13.8 Å². The van der Waals surface area contributed by atoms with E-state index in [1.165, 1.54) is 0 Å². The van der Waals surface area contributed by atoms with Gasteiger partial charge in [0.25, 0.3) is 0 Å². The lowest BCUT2D eigenvalue weighted by Gasteiger charge is -2.30. The van der Waals surface area contributed by atoms with Gasteiger partial charge in [-0.15, -0.1) is 0 Å². The van der Waals surface area contributed by atoms with Crippen LogP contribution < -0.4 is 33.2 Å². The van der Waals surface area contributed by atoms with Crippen molar-refractivity contribution in [3.8, 4) is 0 Å². The summed E-state index contributed by atoms with van der Waals surface area (Å²) >= 11 is 1.08. The summed E-state index contributed by atoms with van der Waals surface area (Å²) in [5.74, 6) is 0. The van der Waals surface area contributed by atoms with Crippen LogP contribution in [0.4, 0.5) is 0 Å². The minimum Gasteiger partial charge on any atom is -0.316 e. The molecule has 0 heterocycles. The van der Waals surface area contributed by atoms with E-state index >= 15 is 0 Å². The van der Waals surface area contributed by atoms with Crippen molar-refractivity contribution in [2.24, 2.45) is 17.2 Å². The lowest BCUT2D eigenvalue weighted by Crippen LogP contribution is -2.45. The van der Waals surface area contributed by atoms with Crippen molar-refractivity contribution >= 4 is 18.2 Å². The quantitative estimate of drug-likeness (QED) is 0.173. The van der Waals surface area contributed by atoms with Crippen LogP contribution in [-0.2, 0) is 13.6 Å². The molecule has 0 fully saturated rings. The van der Waals surface area contributed by atoms with E-state index in [2.05, 4.69) is 16.0 Å². The number of hydrogen-bond acceptors (Lipinski definition) is 10. The first-order valence-corrected chi connectivity index (χ1v) is 12.3. The first-order chi connectivity index (χ1) is 12.0. The number of nitrogens with one attached hydrogen (secondary N) is 3. The summed E-state index contributed by atoms with van der Waals surface area (Å²) < 4.78 is 24.8. The van der Waals surface area contributed by atoms with Crippen LogP contribution in [0.1, 0.15) is 60.8 Å². The third-order valence-corrected chi connectivity index (χ3v) is 7.63. The fourth-order valence-corrected chi connectivity index (χ4v) is 6.09. The monoisotopic (exact) mass is 414 g/mol. The van der Waals surface area contributed by atoms with Crippen LogP contribution >= 0.6 is 18.2 Å². The predicted molar refractivity (Wildman–Crippen MR) is 110 cm³/mol. The Labute approximate surface area is 162 Å². The van der Waals surface area contributed by atoms with E-state index in [1.807, 2.05) is 27.7 Å². The Hall–Kier alpha value is 0.260. The fraction of sp³-hybridized carbons (Fsp3) is 1.00. The van der Waals surface area contributed by atoms with Gasteiger partial charge in [0.15, 0.2) is 0 Å². The summed E-state index contributed by atoms with van der Waals surface area (Å²) in [5, 5.41) is 9.00. The van der Waals surface area contributed by atoms with Crippen molar-refractivity contribution in [3.63, 3.8) is 0 Å². The highest BCUT2D eigenvalue weighted by atomic mass is 32.7. The van der Waals surface area contributed by atoms with Crippen molar-refractivity contribution in [3.05, 3.63) is 0 Å².